The fourth-order valence-corrected chi connectivity index (χ4v) is 1.39. The molecular weight excluding hydrogens is 272 g/mol. The van der Waals surface area contributed by atoms with E-state index in [1.807, 2.05) is 5.32 Å². The van der Waals surface area contributed by atoms with Gasteiger partial charge in [0.25, 0.3) is 5.91 Å². The van der Waals surface area contributed by atoms with E-state index in [2.05, 4.69) is 5.32 Å². The Bertz CT molecular complexity index is 528. The molecule has 100 valence electrons. The minimum atomic E-state index is -1.27. The van der Waals surface area contributed by atoms with Crippen molar-refractivity contribution in [3.8, 4) is 0 Å². The Labute approximate surface area is 114 Å². The van der Waals surface area contributed by atoms with Crippen LogP contribution in [0.5, 0.6) is 0 Å². The third-order valence-corrected chi connectivity index (χ3v) is 2.19. The molecule has 1 rings (SSSR count). The molecule has 1 aromatic carbocycles. The molecule has 7 heteroatoms. The summed E-state index contributed by atoms with van der Waals surface area (Å²) in [4.78, 5) is 32.5. The summed E-state index contributed by atoms with van der Waals surface area (Å²) in [5.41, 5.74) is 0.774. The standard InChI is InChI=1S/C12H11ClN2O4/c13-9-3-1-2-8(6-9)7-14-12(19)15-10(16)4-5-11(17)18/h1-6H,7H2,(H,17,18)(H2,14,15,16,19). The lowest BCUT2D eigenvalue weighted by Gasteiger charge is -2.05. The largest absolute Gasteiger partial charge is 0.478 e. The lowest BCUT2D eigenvalue weighted by Crippen LogP contribution is -2.38. The predicted molar refractivity (Wildman–Crippen MR) is 68.6 cm³/mol. The summed E-state index contributed by atoms with van der Waals surface area (Å²) < 4.78 is 0. The van der Waals surface area contributed by atoms with Crippen LogP contribution in [0.3, 0.4) is 0 Å². The van der Waals surface area contributed by atoms with Crippen LogP contribution in [0, 0.1) is 0 Å². The molecule has 1 aromatic rings. The number of benzene rings is 1. The van der Waals surface area contributed by atoms with E-state index >= 15 is 0 Å². The molecule has 0 bridgehead atoms. The SMILES string of the molecule is O=C(O)C=CC(=O)NC(=O)NCc1cccc(Cl)c1. The van der Waals surface area contributed by atoms with E-state index in [1.165, 1.54) is 0 Å². The number of carboxylic acids is 1. The second-order valence-corrected chi connectivity index (χ2v) is 3.91. The van der Waals surface area contributed by atoms with Crippen LogP contribution in [0.1, 0.15) is 5.56 Å². The number of carbonyl (C=O) groups excluding carboxylic acids is 2. The molecule has 0 atom stereocenters. The molecule has 0 aliphatic rings. The Morgan fingerprint density at radius 3 is 2.63 bits per heavy atom. The van der Waals surface area contributed by atoms with Crippen LogP contribution in [0.25, 0.3) is 0 Å². The predicted octanol–water partition coefficient (Wildman–Crippen LogP) is 1.31. The second kappa shape index (κ2) is 7.17. The normalized spacial score (nSPS) is 10.2. The summed E-state index contributed by atoms with van der Waals surface area (Å²) in [7, 11) is 0. The van der Waals surface area contributed by atoms with Gasteiger partial charge in [0.1, 0.15) is 0 Å². The van der Waals surface area contributed by atoms with E-state index < -0.39 is 17.9 Å². The summed E-state index contributed by atoms with van der Waals surface area (Å²) in [6, 6.07) is 6.15. The molecule has 0 fully saturated rings. The molecule has 3 N–H and O–H groups in total. The Morgan fingerprint density at radius 1 is 1.26 bits per heavy atom. The Balaban J connectivity index is 2.40. The molecule has 6 nitrogen and oxygen atoms in total. The number of urea groups is 1. The first-order chi connectivity index (χ1) is 8.97. The van der Waals surface area contributed by atoms with Crippen LogP contribution in [-0.2, 0) is 16.1 Å². The van der Waals surface area contributed by atoms with Gasteiger partial charge in [-0.3, -0.25) is 10.1 Å². The maximum Gasteiger partial charge on any atom is 0.328 e. The average molecular weight is 283 g/mol. The van der Waals surface area contributed by atoms with Gasteiger partial charge in [0.15, 0.2) is 0 Å². The Kier molecular flexibility index (Phi) is 5.56. The molecule has 0 unspecified atom stereocenters. The van der Waals surface area contributed by atoms with E-state index in [9.17, 15) is 14.4 Å². The summed E-state index contributed by atoms with van der Waals surface area (Å²) >= 11 is 5.77. The van der Waals surface area contributed by atoms with Gasteiger partial charge < -0.3 is 10.4 Å². The van der Waals surface area contributed by atoms with Crippen LogP contribution in [0.15, 0.2) is 36.4 Å². The van der Waals surface area contributed by atoms with Crippen LogP contribution in [0.2, 0.25) is 5.02 Å². The molecule has 3 amide bonds. The highest BCUT2D eigenvalue weighted by Gasteiger charge is 2.04. The minimum Gasteiger partial charge on any atom is -0.478 e. The maximum absolute atomic E-state index is 11.3. The number of rotatable bonds is 4. The van der Waals surface area contributed by atoms with Gasteiger partial charge in [-0.2, -0.15) is 0 Å². The highest BCUT2D eigenvalue weighted by Crippen LogP contribution is 2.09. The van der Waals surface area contributed by atoms with Gasteiger partial charge in [-0.15, -0.1) is 0 Å². The fourth-order valence-electron chi connectivity index (χ4n) is 1.17. The maximum atomic E-state index is 11.3. The Hall–Kier alpha value is -2.34. The van der Waals surface area contributed by atoms with E-state index in [0.29, 0.717) is 11.1 Å². The first-order valence-corrected chi connectivity index (χ1v) is 5.59. The van der Waals surface area contributed by atoms with Crippen LogP contribution in [-0.4, -0.2) is 23.0 Å². The average Bonchev–Trinajstić information content (AvgIpc) is 2.34. The highest BCUT2D eigenvalue weighted by atomic mass is 35.5. The van der Waals surface area contributed by atoms with Crippen molar-refractivity contribution < 1.29 is 19.5 Å². The quantitative estimate of drug-likeness (QED) is 0.726. The molecule has 0 saturated heterocycles. The number of imide groups is 1. The van der Waals surface area contributed by atoms with Gasteiger partial charge in [-0.25, -0.2) is 9.59 Å². The topological polar surface area (TPSA) is 95.5 Å². The molecule has 0 radical (unpaired) electrons. The molecule has 0 aromatic heterocycles. The van der Waals surface area contributed by atoms with Gasteiger partial charge in [-0.1, -0.05) is 23.7 Å². The first-order valence-electron chi connectivity index (χ1n) is 5.21. The number of carboxylic acid groups (broad SMARTS) is 1. The van der Waals surface area contributed by atoms with E-state index in [0.717, 1.165) is 11.6 Å². The van der Waals surface area contributed by atoms with Crippen molar-refractivity contribution in [3.05, 3.63) is 47.0 Å². The van der Waals surface area contributed by atoms with Crippen LogP contribution < -0.4 is 10.6 Å². The van der Waals surface area contributed by atoms with Crippen LogP contribution in [0.4, 0.5) is 4.79 Å². The van der Waals surface area contributed by atoms with Crippen molar-refractivity contribution in [2.45, 2.75) is 6.54 Å². The number of hydrogen-bond donors (Lipinski definition) is 3. The van der Waals surface area contributed by atoms with Crippen molar-refractivity contribution in [1.29, 1.82) is 0 Å². The molecule has 19 heavy (non-hydrogen) atoms. The highest BCUT2D eigenvalue weighted by molar-refractivity contribution is 6.30. The van der Waals surface area contributed by atoms with Crippen LogP contribution >= 0.6 is 11.6 Å². The smallest absolute Gasteiger partial charge is 0.328 e. The second-order valence-electron chi connectivity index (χ2n) is 3.47. The number of aliphatic carboxylic acids is 1. The third-order valence-electron chi connectivity index (χ3n) is 1.96. The lowest BCUT2D eigenvalue weighted by molar-refractivity contribution is -0.131. The minimum absolute atomic E-state index is 0.197. The molecule has 0 aliphatic heterocycles. The summed E-state index contributed by atoms with van der Waals surface area (Å²) in [6.07, 6.45) is 1.39. The summed E-state index contributed by atoms with van der Waals surface area (Å²) in [5, 5.41) is 13.2. The van der Waals surface area contributed by atoms with Crippen molar-refractivity contribution in [2.75, 3.05) is 0 Å². The number of halogens is 1. The zero-order valence-corrected chi connectivity index (χ0v) is 10.5. The van der Waals surface area contributed by atoms with Gasteiger partial charge in [0.2, 0.25) is 0 Å². The van der Waals surface area contributed by atoms with Crippen molar-refractivity contribution in [3.63, 3.8) is 0 Å². The zero-order valence-electron chi connectivity index (χ0n) is 9.72. The van der Waals surface area contributed by atoms with Gasteiger partial charge in [0.05, 0.1) is 0 Å². The van der Waals surface area contributed by atoms with E-state index in [-0.39, 0.29) is 6.54 Å². The molecule has 0 heterocycles. The lowest BCUT2D eigenvalue weighted by atomic mass is 10.2. The van der Waals surface area contributed by atoms with Gasteiger partial charge in [-0.05, 0) is 17.7 Å². The monoisotopic (exact) mass is 282 g/mol. The number of hydrogen-bond acceptors (Lipinski definition) is 3. The number of nitrogens with one attached hydrogen (secondary N) is 2. The van der Waals surface area contributed by atoms with E-state index in [1.54, 1.807) is 24.3 Å². The van der Waals surface area contributed by atoms with Gasteiger partial charge in [0, 0.05) is 23.7 Å². The Morgan fingerprint density at radius 2 is 2.00 bits per heavy atom. The number of carbonyl (C=O) groups is 3. The molecular formula is C12H11ClN2O4. The molecule has 0 spiro atoms. The third kappa shape index (κ3) is 6.23. The van der Waals surface area contributed by atoms with Crippen molar-refractivity contribution in [2.24, 2.45) is 0 Å². The number of amides is 3. The molecule has 0 saturated carbocycles. The van der Waals surface area contributed by atoms with Gasteiger partial charge >= 0.3 is 12.0 Å². The van der Waals surface area contributed by atoms with Crippen molar-refractivity contribution >= 4 is 29.5 Å². The van der Waals surface area contributed by atoms with Crippen molar-refractivity contribution in [1.82, 2.24) is 10.6 Å². The fraction of sp³-hybridized carbons (Fsp3) is 0.0833. The first kappa shape index (κ1) is 14.7. The summed E-state index contributed by atoms with van der Waals surface area (Å²) in [5.74, 6) is -2.08. The molecule has 0 aliphatic carbocycles. The summed E-state index contributed by atoms with van der Waals surface area (Å²) in [6.45, 7) is 0.197. The van der Waals surface area contributed by atoms with E-state index in [4.69, 9.17) is 16.7 Å². The zero-order chi connectivity index (χ0) is 14.3.